The first kappa shape index (κ1) is 14.1. The van der Waals surface area contributed by atoms with Crippen molar-refractivity contribution in [2.75, 3.05) is 12.8 Å². The summed E-state index contributed by atoms with van der Waals surface area (Å²) >= 11 is 0. The van der Waals surface area contributed by atoms with E-state index in [-0.39, 0.29) is 12.8 Å². The second kappa shape index (κ2) is 8.42. The smallest absolute Gasteiger partial charge is 0.325 e. The van der Waals surface area contributed by atoms with E-state index in [0.717, 1.165) is 38.5 Å². The van der Waals surface area contributed by atoms with E-state index in [0.29, 0.717) is 6.42 Å². The predicted octanol–water partition coefficient (Wildman–Crippen LogP) is 1.89. The number of rotatable bonds is 9. The lowest BCUT2D eigenvalue weighted by molar-refractivity contribution is 0.282. The van der Waals surface area contributed by atoms with E-state index in [1.807, 2.05) is 0 Å². The molecule has 0 radical (unpaired) electrons. The minimum Gasteiger partial charge on any atom is -0.396 e. The van der Waals surface area contributed by atoms with Crippen LogP contribution in [-0.2, 0) is 4.57 Å². The monoisotopic (exact) mass is 224 g/mol. The van der Waals surface area contributed by atoms with Gasteiger partial charge >= 0.3 is 7.60 Å². The summed E-state index contributed by atoms with van der Waals surface area (Å²) in [6, 6.07) is 0. The third-order valence-corrected chi connectivity index (χ3v) is 3.01. The van der Waals surface area contributed by atoms with Gasteiger partial charge in [-0.15, -0.1) is 0 Å². The maximum atomic E-state index is 10.5. The first-order valence-electron chi connectivity index (χ1n) is 5.22. The van der Waals surface area contributed by atoms with E-state index in [1.54, 1.807) is 0 Å². The molecule has 0 unspecified atom stereocenters. The lowest BCUT2D eigenvalue weighted by Crippen LogP contribution is -1.88. The first-order valence-corrected chi connectivity index (χ1v) is 7.01. The summed E-state index contributed by atoms with van der Waals surface area (Å²) in [5.41, 5.74) is 0. The Balaban J connectivity index is 3.03. The molecule has 0 aromatic rings. The minimum absolute atomic E-state index is 0.0175. The zero-order chi connectivity index (χ0) is 10.9. The van der Waals surface area contributed by atoms with Crippen LogP contribution in [0.15, 0.2) is 0 Å². The third-order valence-electron chi connectivity index (χ3n) is 2.11. The molecule has 0 fully saturated rings. The normalized spacial score (nSPS) is 11.9. The number of hydrogen-bond donors (Lipinski definition) is 3. The Bertz CT molecular complexity index is 166. The van der Waals surface area contributed by atoms with Gasteiger partial charge in [0.15, 0.2) is 0 Å². The quantitative estimate of drug-likeness (QED) is 0.413. The molecule has 0 heterocycles. The van der Waals surface area contributed by atoms with Gasteiger partial charge in [0.25, 0.3) is 0 Å². The molecular formula is C9H21O4P. The van der Waals surface area contributed by atoms with Gasteiger partial charge in [0.2, 0.25) is 0 Å². The van der Waals surface area contributed by atoms with Crippen molar-refractivity contribution in [2.24, 2.45) is 0 Å². The van der Waals surface area contributed by atoms with Crippen molar-refractivity contribution >= 4 is 7.60 Å². The van der Waals surface area contributed by atoms with Crippen LogP contribution in [0.5, 0.6) is 0 Å². The minimum atomic E-state index is -3.76. The Morgan fingerprint density at radius 1 is 0.786 bits per heavy atom. The Morgan fingerprint density at radius 2 is 1.21 bits per heavy atom. The van der Waals surface area contributed by atoms with Crippen LogP contribution in [0, 0.1) is 0 Å². The maximum Gasteiger partial charge on any atom is 0.325 e. The van der Waals surface area contributed by atoms with E-state index < -0.39 is 7.60 Å². The molecule has 0 spiro atoms. The highest BCUT2D eigenvalue weighted by molar-refractivity contribution is 7.51. The zero-order valence-electron chi connectivity index (χ0n) is 8.56. The standard InChI is InChI=1S/C9H21O4P/c10-8-6-4-2-1-3-5-7-9-14(11,12)13/h10H,1-9H2,(H2,11,12,13). The van der Waals surface area contributed by atoms with Crippen molar-refractivity contribution in [3.63, 3.8) is 0 Å². The summed E-state index contributed by atoms with van der Waals surface area (Å²) in [5.74, 6) is 0. The maximum absolute atomic E-state index is 10.5. The third kappa shape index (κ3) is 12.1. The van der Waals surface area contributed by atoms with Crippen LogP contribution in [0.4, 0.5) is 0 Å². The van der Waals surface area contributed by atoms with Gasteiger partial charge in [-0.2, -0.15) is 0 Å². The molecule has 0 aromatic carbocycles. The fourth-order valence-corrected chi connectivity index (χ4v) is 1.95. The molecule has 0 amide bonds. The average Bonchev–Trinajstić information content (AvgIpc) is 2.08. The molecule has 0 atom stereocenters. The molecule has 0 aliphatic heterocycles. The average molecular weight is 224 g/mol. The summed E-state index contributed by atoms with van der Waals surface area (Å²) in [4.78, 5) is 17.1. The van der Waals surface area contributed by atoms with Crippen molar-refractivity contribution in [1.29, 1.82) is 0 Å². The van der Waals surface area contributed by atoms with E-state index in [2.05, 4.69) is 0 Å². The van der Waals surface area contributed by atoms with Crippen molar-refractivity contribution in [3.05, 3.63) is 0 Å². The number of aliphatic hydroxyl groups is 1. The predicted molar refractivity (Wildman–Crippen MR) is 56.3 cm³/mol. The summed E-state index contributed by atoms with van der Waals surface area (Å²) in [6.45, 7) is 0.262. The molecule has 3 N–H and O–H groups in total. The van der Waals surface area contributed by atoms with Gasteiger partial charge in [0, 0.05) is 12.8 Å². The molecule has 4 nitrogen and oxygen atoms in total. The Morgan fingerprint density at radius 3 is 1.64 bits per heavy atom. The molecule has 0 saturated heterocycles. The highest BCUT2D eigenvalue weighted by atomic mass is 31.2. The zero-order valence-corrected chi connectivity index (χ0v) is 9.46. The number of hydrogen-bond acceptors (Lipinski definition) is 2. The molecule has 0 aliphatic carbocycles. The first-order chi connectivity index (χ1) is 6.56. The van der Waals surface area contributed by atoms with E-state index in [4.69, 9.17) is 14.9 Å². The van der Waals surface area contributed by atoms with Crippen LogP contribution in [0.1, 0.15) is 44.9 Å². The summed E-state index contributed by atoms with van der Waals surface area (Å²) in [7, 11) is -3.76. The van der Waals surface area contributed by atoms with E-state index in [1.165, 1.54) is 0 Å². The highest BCUT2D eigenvalue weighted by Gasteiger charge is 2.10. The highest BCUT2D eigenvalue weighted by Crippen LogP contribution is 2.35. The summed E-state index contributed by atoms with van der Waals surface area (Å²) in [5, 5.41) is 8.51. The van der Waals surface area contributed by atoms with Crippen molar-refractivity contribution in [1.82, 2.24) is 0 Å². The van der Waals surface area contributed by atoms with Crippen LogP contribution in [0.2, 0.25) is 0 Å². The Kier molecular flexibility index (Phi) is 8.49. The molecule has 86 valence electrons. The van der Waals surface area contributed by atoms with Crippen LogP contribution in [0.3, 0.4) is 0 Å². The summed E-state index contributed by atoms with van der Waals surface area (Å²) in [6.07, 6.45) is 6.68. The van der Waals surface area contributed by atoms with Crippen molar-refractivity contribution in [3.8, 4) is 0 Å². The van der Waals surface area contributed by atoms with E-state index in [9.17, 15) is 4.57 Å². The molecular weight excluding hydrogens is 203 g/mol. The topological polar surface area (TPSA) is 77.8 Å². The molecule has 0 aliphatic rings. The lowest BCUT2D eigenvalue weighted by atomic mass is 10.1. The summed E-state index contributed by atoms with van der Waals surface area (Å²) < 4.78 is 10.5. The van der Waals surface area contributed by atoms with E-state index >= 15 is 0 Å². The number of unbranched alkanes of at least 4 members (excludes halogenated alkanes) is 6. The fraction of sp³-hybridized carbons (Fsp3) is 1.00. The van der Waals surface area contributed by atoms with Crippen LogP contribution in [-0.4, -0.2) is 27.7 Å². The molecule has 0 bridgehead atoms. The molecule has 14 heavy (non-hydrogen) atoms. The van der Waals surface area contributed by atoms with Gasteiger partial charge in [0.1, 0.15) is 0 Å². The molecule has 0 aromatic heterocycles. The largest absolute Gasteiger partial charge is 0.396 e. The van der Waals surface area contributed by atoms with Crippen LogP contribution >= 0.6 is 7.60 Å². The van der Waals surface area contributed by atoms with Crippen LogP contribution < -0.4 is 0 Å². The molecule has 5 heteroatoms. The Labute approximate surface area is 85.5 Å². The fourth-order valence-electron chi connectivity index (χ4n) is 1.31. The second-order valence-electron chi connectivity index (χ2n) is 3.59. The Hall–Kier alpha value is 0.110. The van der Waals surface area contributed by atoms with Gasteiger partial charge in [-0.25, -0.2) is 0 Å². The second-order valence-corrected chi connectivity index (χ2v) is 5.36. The molecule has 0 saturated carbocycles. The lowest BCUT2D eigenvalue weighted by Gasteiger charge is -2.03. The van der Waals surface area contributed by atoms with Crippen molar-refractivity contribution < 1.29 is 19.5 Å². The number of aliphatic hydroxyl groups excluding tert-OH is 1. The van der Waals surface area contributed by atoms with Crippen LogP contribution in [0.25, 0.3) is 0 Å². The SMILES string of the molecule is O=P(O)(O)CCCCCCCCCO. The van der Waals surface area contributed by atoms with Gasteiger partial charge in [0.05, 0.1) is 0 Å². The van der Waals surface area contributed by atoms with Crippen molar-refractivity contribution in [2.45, 2.75) is 44.9 Å². The van der Waals surface area contributed by atoms with Gasteiger partial charge in [-0.3, -0.25) is 4.57 Å². The molecule has 0 rings (SSSR count). The van der Waals surface area contributed by atoms with Gasteiger partial charge in [-0.05, 0) is 12.8 Å². The van der Waals surface area contributed by atoms with Gasteiger partial charge < -0.3 is 14.9 Å². The van der Waals surface area contributed by atoms with Gasteiger partial charge in [-0.1, -0.05) is 32.1 Å².